The number of nitrogens with one attached hydrogen (secondary N) is 2. The van der Waals surface area contributed by atoms with E-state index in [1.54, 1.807) is 0 Å². The third-order valence-corrected chi connectivity index (χ3v) is 5.51. The summed E-state index contributed by atoms with van der Waals surface area (Å²) in [7, 11) is -3.04. The van der Waals surface area contributed by atoms with Crippen LogP contribution in [0, 0.1) is 17.8 Å². The topological polar surface area (TPSA) is 58.2 Å². The Labute approximate surface area is 110 Å². The standard InChI is InChI=1S/C13H24N2O2S/c1-2-7-18(16,17)15-6-5-14-10-13-9-11-3-4-12(13)8-11/h3-4,11-15H,2,5-10H2,1H3. The lowest BCUT2D eigenvalue weighted by Crippen LogP contribution is -2.35. The summed E-state index contributed by atoms with van der Waals surface area (Å²) in [6.07, 6.45) is 8.00. The van der Waals surface area contributed by atoms with Gasteiger partial charge in [-0.15, -0.1) is 0 Å². The predicted molar refractivity (Wildman–Crippen MR) is 73.8 cm³/mol. The molecule has 0 heterocycles. The summed E-state index contributed by atoms with van der Waals surface area (Å²) in [4.78, 5) is 0. The first-order valence-corrected chi connectivity index (χ1v) is 8.62. The SMILES string of the molecule is CCCS(=O)(=O)NCCNCC1CC2C=CC1C2. The first-order valence-electron chi connectivity index (χ1n) is 6.97. The fraction of sp³-hybridized carbons (Fsp3) is 0.846. The molecule has 2 N–H and O–H groups in total. The van der Waals surface area contributed by atoms with Gasteiger partial charge in [0.1, 0.15) is 0 Å². The minimum atomic E-state index is -3.04. The molecule has 2 rings (SSSR count). The maximum atomic E-state index is 11.4. The predicted octanol–water partition coefficient (Wildman–Crippen LogP) is 1.12. The van der Waals surface area contributed by atoms with Gasteiger partial charge in [-0.25, -0.2) is 13.1 Å². The molecule has 2 bridgehead atoms. The van der Waals surface area contributed by atoms with Gasteiger partial charge < -0.3 is 5.32 Å². The first-order chi connectivity index (χ1) is 8.61. The lowest BCUT2D eigenvalue weighted by Gasteiger charge is -2.18. The van der Waals surface area contributed by atoms with E-state index in [0.717, 1.165) is 30.8 Å². The highest BCUT2D eigenvalue weighted by Crippen LogP contribution is 2.42. The zero-order valence-electron chi connectivity index (χ0n) is 11.1. The molecule has 4 nitrogen and oxygen atoms in total. The molecule has 0 spiro atoms. The van der Waals surface area contributed by atoms with E-state index in [2.05, 4.69) is 22.2 Å². The van der Waals surface area contributed by atoms with Gasteiger partial charge >= 0.3 is 0 Å². The summed E-state index contributed by atoms with van der Waals surface area (Å²) in [6, 6.07) is 0. The zero-order valence-corrected chi connectivity index (χ0v) is 11.9. The van der Waals surface area contributed by atoms with E-state index in [4.69, 9.17) is 0 Å². The molecule has 0 aliphatic heterocycles. The van der Waals surface area contributed by atoms with E-state index < -0.39 is 10.0 Å². The van der Waals surface area contributed by atoms with Crippen LogP contribution in [0.25, 0.3) is 0 Å². The van der Waals surface area contributed by atoms with E-state index in [-0.39, 0.29) is 5.75 Å². The Morgan fingerprint density at radius 2 is 2.06 bits per heavy atom. The van der Waals surface area contributed by atoms with Crippen LogP contribution >= 0.6 is 0 Å². The van der Waals surface area contributed by atoms with Crippen LogP contribution in [0.2, 0.25) is 0 Å². The minimum Gasteiger partial charge on any atom is -0.315 e. The zero-order chi connectivity index (χ0) is 13.0. The quantitative estimate of drug-likeness (QED) is 0.514. The maximum absolute atomic E-state index is 11.4. The molecule has 5 heteroatoms. The Kier molecular flexibility index (Phi) is 4.81. The van der Waals surface area contributed by atoms with Crippen molar-refractivity contribution in [2.24, 2.45) is 17.8 Å². The van der Waals surface area contributed by atoms with Gasteiger partial charge in [-0.1, -0.05) is 19.1 Å². The van der Waals surface area contributed by atoms with Gasteiger partial charge in [-0.2, -0.15) is 0 Å². The molecule has 18 heavy (non-hydrogen) atoms. The van der Waals surface area contributed by atoms with Gasteiger partial charge in [-0.3, -0.25) is 0 Å². The first kappa shape index (κ1) is 14.0. The van der Waals surface area contributed by atoms with E-state index >= 15 is 0 Å². The smallest absolute Gasteiger partial charge is 0.211 e. The number of fused-ring (bicyclic) bond motifs is 2. The molecule has 2 aliphatic rings. The molecular weight excluding hydrogens is 248 g/mol. The molecular formula is C13H24N2O2S. The highest BCUT2D eigenvalue weighted by molar-refractivity contribution is 7.89. The molecule has 3 atom stereocenters. The third-order valence-electron chi connectivity index (χ3n) is 3.92. The third kappa shape index (κ3) is 3.80. The monoisotopic (exact) mass is 272 g/mol. The highest BCUT2D eigenvalue weighted by atomic mass is 32.2. The van der Waals surface area contributed by atoms with Crippen molar-refractivity contribution in [1.29, 1.82) is 0 Å². The number of hydrogen-bond donors (Lipinski definition) is 2. The van der Waals surface area contributed by atoms with Crippen LogP contribution in [0.5, 0.6) is 0 Å². The van der Waals surface area contributed by atoms with Crippen LogP contribution in [0.15, 0.2) is 12.2 Å². The Balaban J connectivity index is 1.56. The molecule has 0 amide bonds. The van der Waals surface area contributed by atoms with E-state index in [9.17, 15) is 8.42 Å². The van der Waals surface area contributed by atoms with Gasteiger partial charge in [0.25, 0.3) is 0 Å². The largest absolute Gasteiger partial charge is 0.315 e. The summed E-state index contributed by atoms with van der Waals surface area (Å²) in [5.41, 5.74) is 0. The molecule has 0 radical (unpaired) electrons. The number of allylic oxidation sites excluding steroid dienone is 2. The summed E-state index contributed by atoms with van der Waals surface area (Å²) in [5, 5.41) is 3.37. The van der Waals surface area contributed by atoms with Gasteiger partial charge in [-0.05, 0) is 43.6 Å². The molecule has 104 valence electrons. The van der Waals surface area contributed by atoms with E-state index in [1.807, 2.05) is 6.92 Å². The molecule has 0 aromatic heterocycles. The Morgan fingerprint density at radius 1 is 1.22 bits per heavy atom. The Hall–Kier alpha value is -0.390. The second-order valence-electron chi connectivity index (χ2n) is 5.46. The average Bonchev–Trinajstić information content (AvgIpc) is 2.90. The van der Waals surface area contributed by atoms with Crippen molar-refractivity contribution in [2.45, 2.75) is 26.2 Å². The summed E-state index contributed by atoms with van der Waals surface area (Å²) >= 11 is 0. The van der Waals surface area contributed by atoms with Gasteiger partial charge in [0.15, 0.2) is 0 Å². The molecule has 3 unspecified atom stereocenters. The molecule has 0 aromatic carbocycles. The summed E-state index contributed by atoms with van der Waals surface area (Å²) in [6.45, 7) is 4.11. The van der Waals surface area contributed by atoms with Crippen LogP contribution < -0.4 is 10.0 Å². The van der Waals surface area contributed by atoms with Crippen molar-refractivity contribution in [1.82, 2.24) is 10.0 Å². The molecule has 0 aromatic rings. The van der Waals surface area contributed by atoms with Crippen molar-refractivity contribution >= 4 is 10.0 Å². The van der Waals surface area contributed by atoms with Crippen molar-refractivity contribution in [2.75, 3.05) is 25.4 Å². The van der Waals surface area contributed by atoms with Crippen LogP contribution in [0.1, 0.15) is 26.2 Å². The normalized spacial score (nSPS) is 30.2. The van der Waals surface area contributed by atoms with Crippen molar-refractivity contribution < 1.29 is 8.42 Å². The molecule has 1 saturated carbocycles. The highest BCUT2D eigenvalue weighted by Gasteiger charge is 2.34. The Bertz CT molecular complexity index is 392. The fourth-order valence-electron chi connectivity index (χ4n) is 3.05. The average molecular weight is 272 g/mol. The van der Waals surface area contributed by atoms with Crippen LogP contribution in [-0.2, 0) is 10.0 Å². The second-order valence-corrected chi connectivity index (χ2v) is 7.38. The van der Waals surface area contributed by atoms with Gasteiger partial charge in [0.2, 0.25) is 10.0 Å². The van der Waals surface area contributed by atoms with Gasteiger partial charge in [0.05, 0.1) is 5.75 Å². The van der Waals surface area contributed by atoms with Crippen LogP contribution in [0.3, 0.4) is 0 Å². The molecule has 2 aliphatic carbocycles. The number of hydrogen-bond acceptors (Lipinski definition) is 3. The second kappa shape index (κ2) is 6.17. The van der Waals surface area contributed by atoms with E-state index in [0.29, 0.717) is 13.0 Å². The van der Waals surface area contributed by atoms with Crippen LogP contribution in [-0.4, -0.2) is 33.8 Å². The lowest BCUT2D eigenvalue weighted by atomic mass is 9.94. The summed E-state index contributed by atoms with van der Waals surface area (Å²) < 4.78 is 25.4. The summed E-state index contributed by atoms with van der Waals surface area (Å²) in [5.74, 6) is 2.56. The van der Waals surface area contributed by atoms with Gasteiger partial charge in [0, 0.05) is 13.1 Å². The maximum Gasteiger partial charge on any atom is 0.211 e. The van der Waals surface area contributed by atoms with Crippen molar-refractivity contribution in [3.63, 3.8) is 0 Å². The number of sulfonamides is 1. The van der Waals surface area contributed by atoms with Crippen molar-refractivity contribution in [3.8, 4) is 0 Å². The fourth-order valence-corrected chi connectivity index (χ4v) is 4.15. The molecule has 0 saturated heterocycles. The molecule has 1 fully saturated rings. The van der Waals surface area contributed by atoms with Crippen molar-refractivity contribution in [3.05, 3.63) is 12.2 Å². The Morgan fingerprint density at radius 3 is 2.67 bits per heavy atom. The minimum absolute atomic E-state index is 0.226. The lowest BCUT2D eigenvalue weighted by molar-refractivity contribution is 0.416. The van der Waals surface area contributed by atoms with E-state index in [1.165, 1.54) is 12.8 Å². The van der Waals surface area contributed by atoms with Crippen LogP contribution in [0.4, 0.5) is 0 Å². The number of rotatable bonds is 8.